The predicted octanol–water partition coefficient (Wildman–Crippen LogP) is 6.15. The Kier molecular flexibility index (Phi) is 10.1. The summed E-state index contributed by atoms with van der Waals surface area (Å²) < 4.78 is 5.56. The average molecular weight is 543 g/mol. The van der Waals surface area contributed by atoms with Gasteiger partial charge in [-0.15, -0.1) is 0 Å². The van der Waals surface area contributed by atoms with Crippen LogP contribution in [0.1, 0.15) is 66.3 Å². The van der Waals surface area contributed by atoms with Crippen LogP contribution < -0.4 is 25.2 Å². The third-order valence-corrected chi connectivity index (χ3v) is 7.25. The van der Waals surface area contributed by atoms with E-state index in [1.807, 2.05) is 68.4 Å². The van der Waals surface area contributed by atoms with Crippen LogP contribution in [0.2, 0.25) is 0 Å². The van der Waals surface area contributed by atoms with Gasteiger partial charge >= 0.3 is 0 Å². The summed E-state index contributed by atoms with van der Waals surface area (Å²) in [5, 5.41) is 6.01. The number of aryl methyl sites for hydroxylation is 1. The van der Waals surface area contributed by atoms with Crippen LogP contribution in [0.5, 0.6) is 5.75 Å². The molecule has 0 aliphatic carbocycles. The lowest BCUT2D eigenvalue weighted by atomic mass is 10.0. The summed E-state index contributed by atoms with van der Waals surface area (Å²) >= 11 is 0. The fourth-order valence-corrected chi connectivity index (χ4v) is 5.10. The molecule has 0 radical (unpaired) electrons. The van der Waals surface area contributed by atoms with Crippen LogP contribution in [0.3, 0.4) is 0 Å². The molecule has 2 N–H and O–H groups in total. The highest BCUT2D eigenvalue weighted by molar-refractivity contribution is 6.06. The molecule has 0 saturated carbocycles. The normalized spacial score (nSPS) is 13.3. The van der Waals surface area contributed by atoms with E-state index in [2.05, 4.69) is 33.4 Å². The van der Waals surface area contributed by atoms with Crippen molar-refractivity contribution in [3.63, 3.8) is 0 Å². The molecule has 212 valence electrons. The van der Waals surface area contributed by atoms with Crippen molar-refractivity contribution < 1.29 is 14.3 Å². The predicted molar refractivity (Wildman–Crippen MR) is 164 cm³/mol. The number of carbonyl (C=O) groups excluding carboxylic acids is 2. The summed E-state index contributed by atoms with van der Waals surface area (Å²) in [5.74, 6) is 0.525. The highest BCUT2D eigenvalue weighted by Crippen LogP contribution is 2.31. The van der Waals surface area contributed by atoms with Crippen molar-refractivity contribution in [1.82, 2.24) is 5.32 Å². The second kappa shape index (κ2) is 13.9. The molecule has 1 aliphatic heterocycles. The zero-order valence-electron chi connectivity index (χ0n) is 24.2. The SMILES string of the molecule is CCCCCc1ccc(C(=O)Nc2ccc(N3CCN(c4ccccc4OC)CC3)c(C(=O)NC(C)C)c2)cc1. The highest BCUT2D eigenvalue weighted by atomic mass is 16.5. The first-order valence-electron chi connectivity index (χ1n) is 14.4. The standard InChI is InChI=1S/C33H42N4O3/c1-5-6-7-10-25-13-15-26(16-14-25)32(38)35-27-17-18-29(28(23-27)33(39)34-24(2)3)36-19-21-37(22-20-36)30-11-8-9-12-31(30)40-4/h8-9,11-18,23-24H,5-7,10,19-22H2,1-4H3,(H,34,39)(H,35,38). The summed E-state index contributed by atoms with van der Waals surface area (Å²) in [6.07, 6.45) is 4.59. The summed E-state index contributed by atoms with van der Waals surface area (Å²) in [4.78, 5) is 30.8. The average Bonchev–Trinajstić information content (AvgIpc) is 2.97. The summed E-state index contributed by atoms with van der Waals surface area (Å²) in [6, 6.07) is 21.5. The van der Waals surface area contributed by atoms with Crippen molar-refractivity contribution in [2.24, 2.45) is 0 Å². The molecular formula is C33H42N4O3. The van der Waals surface area contributed by atoms with Gasteiger partial charge in [0.2, 0.25) is 0 Å². The van der Waals surface area contributed by atoms with Crippen LogP contribution in [0.4, 0.5) is 17.1 Å². The van der Waals surface area contributed by atoms with Crippen LogP contribution >= 0.6 is 0 Å². The number of hydrogen-bond donors (Lipinski definition) is 2. The first-order valence-corrected chi connectivity index (χ1v) is 14.4. The fourth-order valence-electron chi connectivity index (χ4n) is 5.10. The molecule has 7 heteroatoms. The number of hydrogen-bond acceptors (Lipinski definition) is 5. The Labute approximate surface area is 238 Å². The second-order valence-electron chi connectivity index (χ2n) is 10.6. The van der Waals surface area contributed by atoms with Crippen molar-refractivity contribution in [2.75, 3.05) is 48.4 Å². The molecule has 1 heterocycles. The maximum absolute atomic E-state index is 13.3. The molecule has 0 bridgehead atoms. The molecule has 4 rings (SSSR count). The Morgan fingerprint density at radius 3 is 2.17 bits per heavy atom. The maximum atomic E-state index is 13.3. The van der Waals surface area contributed by atoms with Crippen molar-refractivity contribution >= 4 is 28.9 Å². The van der Waals surface area contributed by atoms with Gasteiger partial charge in [0, 0.05) is 49.2 Å². The van der Waals surface area contributed by atoms with Crippen molar-refractivity contribution in [1.29, 1.82) is 0 Å². The Morgan fingerprint density at radius 2 is 1.52 bits per heavy atom. The van der Waals surface area contributed by atoms with Gasteiger partial charge in [0.25, 0.3) is 11.8 Å². The van der Waals surface area contributed by atoms with Crippen LogP contribution in [-0.2, 0) is 6.42 Å². The van der Waals surface area contributed by atoms with E-state index in [0.717, 1.165) is 56.1 Å². The van der Waals surface area contributed by atoms with Crippen molar-refractivity contribution in [3.05, 3.63) is 83.4 Å². The van der Waals surface area contributed by atoms with E-state index in [1.165, 1.54) is 18.4 Å². The number of para-hydroxylation sites is 2. The number of carbonyl (C=O) groups is 2. The number of unbranched alkanes of at least 4 members (excludes halogenated alkanes) is 2. The van der Waals surface area contributed by atoms with Crippen LogP contribution in [0.15, 0.2) is 66.7 Å². The number of nitrogens with one attached hydrogen (secondary N) is 2. The van der Waals surface area contributed by atoms with E-state index in [-0.39, 0.29) is 17.9 Å². The molecule has 0 spiro atoms. The van der Waals surface area contributed by atoms with Gasteiger partial charge in [0.05, 0.1) is 18.4 Å². The van der Waals surface area contributed by atoms with Gasteiger partial charge in [0.15, 0.2) is 0 Å². The maximum Gasteiger partial charge on any atom is 0.255 e. The van der Waals surface area contributed by atoms with Gasteiger partial charge in [-0.1, -0.05) is 44.0 Å². The lowest BCUT2D eigenvalue weighted by molar-refractivity contribution is 0.0942. The first-order chi connectivity index (χ1) is 19.4. The van der Waals surface area contributed by atoms with Crippen LogP contribution in [0.25, 0.3) is 0 Å². The fraction of sp³-hybridized carbons (Fsp3) is 0.394. The Bertz CT molecular complexity index is 1280. The van der Waals surface area contributed by atoms with Gasteiger partial charge in [0.1, 0.15) is 5.75 Å². The summed E-state index contributed by atoms with van der Waals surface area (Å²) in [7, 11) is 1.69. The smallest absolute Gasteiger partial charge is 0.255 e. The minimum atomic E-state index is -0.187. The Hall–Kier alpha value is -4.00. The first kappa shape index (κ1) is 29.0. The van der Waals surface area contributed by atoms with E-state index < -0.39 is 0 Å². The van der Waals surface area contributed by atoms with Crippen molar-refractivity contribution in [2.45, 2.75) is 52.5 Å². The second-order valence-corrected chi connectivity index (χ2v) is 10.6. The molecule has 2 amide bonds. The van der Waals surface area contributed by atoms with Crippen LogP contribution in [0, 0.1) is 0 Å². The van der Waals surface area contributed by atoms with E-state index >= 15 is 0 Å². The van der Waals surface area contributed by atoms with Gasteiger partial charge < -0.3 is 25.2 Å². The third-order valence-electron chi connectivity index (χ3n) is 7.25. The molecule has 7 nitrogen and oxygen atoms in total. The molecule has 0 unspecified atom stereocenters. The molecule has 1 fully saturated rings. The molecule has 1 saturated heterocycles. The molecule has 0 aromatic heterocycles. The molecule has 40 heavy (non-hydrogen) atoms. The van der Waals surface area contributed by atoms with Gasteiger partial charge in [-0.05, 0) is 74.7 Å². The lowest BCUT2D eigenvalue weighted by Crippen LogP contribution is -2.47. The number of anilines is 3. The molecule has 1 aliphatic rings. The van der Waals surface area contributed by atoms with E-state index in [4.69, 9.17) is 4.74 Å². The zero-order valence-corrected chi connectivity index (χ0v) is 24.2. The van der Waals surface area contributed by atoms with Crippen molar-refractivity contribution in [3.8, 4) is 5.75 Å². The molecular weight excluding hydrogens is 500 g/mol. The minimum Gasteiger partial charge on any atom is -0.495 e. The van der Waals surface area contributed by atoms with Gasteiger partial charge in [-0.3, -0.25) is 9.59 Å². The minimum absolute atomic E-state index is 0.00293. The third kappa shape index (κ3) is 7.34. The number of rotatable bonds is 11. The number of nitrogens with zero attached hydrogens (tertiary/aromatic N) is 2. The van der Waals surface area contributed by atoms with E-state index in [0.29, 0.717) is 16.8 Å². The number of piperazine rings is 1. The van der Waals surface area contributed by atoms with Gasteiger partial charge in [-0.2, -0.15) is 0 Å². The van der Waals surface area contributed by atoms with E-state index in [9.17, 15) is 9.59 Å². The zero-order chi connectivity index (χ0) is 28.5. The monoisotopic (exact) mass is 542 g/mol. The summed E-state index contributed by atoms with van der Waals surface area (Å²) in [6.45, 7) is 9.22. The Morgan fingerprint density at radius 1 is 0.850 bits per heavy atom. The number of benzene rings is 3. The number of methoxy groups -OCH3 is 1. The van der Waals surface area contributed by atoms with Crippen LogP contribution in [-0.4, -0.2) is 51.1 Å². The molecule has 0 atom stereocenters. The van der Waals surface area contributed by atoms with E-state index in [1.54, 1.807) is 13.2 Å². The number of amides is 2. The quantitative estimate of drug-likeness (QED) is 0.285. The van der Waals surface area contributed by atoms with Gasteiger partial charge in [-0.25, -0.2) is 0 Å². The Balaban J connectivity index is 1.48. The highest BCUT2D eigenvalue weighted by Gasteiger charge is 2.24. The molecule has 3 aromatic carbocycles. The summed E-state index contributed by atoms with van der Waals surface area (Å²) in [5.41, 5.74) is 4.95. The largest absolute Gasteiger partial charge is 0.495 e. The molecule has 3 aromatic rings. The number of ether oxygens (including phenoxy) is 1. The lowest BCUT2D eigenvalue weighted by Gasteiger charge is -2.38. The topological polar surface area (TPSA) is 73.9 Å².